The molecular weight excluding hydrogens is 283 g/mol. The Morgan fingerprint density at radius 1 is 1.00 bits per heavy atom. The molecule has 2 rings (SSSR count). The van der Waals surface area contributed by atoms with Gasteiger partial charge in [-0.05, 0) is 23.6 Å². The van der Waals surface area contributed by atoms with Crippen LogP contribution in [0.4, 0.5) is 10.1 Å². The number of anilines is 1. The quantitative estimate of drug-likeness (QED) is 0.853. The third-order valence-corrected chi connectivity index (χ3v) is 3.27. The molecule has 0 radical (unpaired) electrons. The molecule has 0 fully saturated rings. The minimum absolute atomic E-state index is 0.0150. The molecule has 0 spiro atoms. The summed E-state index contributed by atoms with van der Waals surface area (Å²) in [6.45, 7) is 2.28. The number of rotatable bonds is 4. The second-order valence-electron chi connectivity index (χ2n) is 4.96. The van der Waals surface area contributed by atoms with Gasteiger partial charge in [-0.3, -0.25) is 9.59 Å². The van der Waals surface area contributed by atoms with E-state index in [1.165, 1.54) is 18.2 Å². The fourth-order valence-electron chi connectivity index (χ4n) is 1.97. The van der Waals surface area contributed by atoms with Gasteiger partial charge in [0.15, 0.2) is 0 Å². The van der Waals surface area contributed by atoms with Gasteiger partial charge >= 0.3 is 11.8 Å². The van der Waals surface area contributed by atoms with E-state index < -0.39 is 17.6 Å². The Morgan fingerprint density at radius 3 is 2.32 bits per heavy atom. The smallest absolute Gasteiger partial charge is 0.313 e. The molecule has 2 amide bonds. The maximum absolute atomic E-state index is 13.4. The highest BCUT2D eigenvalue weighted by molar-refractivity contribution is 6.39. The van der Waals surface area contributed by atoms with Crippen LogP contribution < -0.4 is 10.6 Å². The van der Waals surface area contributed by atoms with Crippen molar-refractivity contribution in [2.75, 3.05) is 11.9 Å². The van der Waals surface area contributed by atoms with Crippen molar-refractivity contribution in [2.45, 2.75) is 12.8 Å². The molecule has 2 aromatic carbocycles. The second kappa shape index (κ2) is 7.36. The van der Waals surface area contributed by atoms with Crippen LogP contribution in [-0.2, 0) is 9.59 Å². The van der Waals surface area contributed by atoms with Crippen LogP contribution in [0.1, 0.15) is 18.4 Å². The zero-order valence-corrected chi connectivity index (χ0v) is 12.2. The number of carbonyl (C=O) groups excluding carboxylic acids is 2. The molecule has 114 valence electrons. The van der Waals surface area contributed by atoms with Crippen molar-refractivity contribution in [3.05, 3.63) is 66.0 Å². The van der Waals surface area contributed by atoms with E-state index in [0.717, 1.165) is 5.56 Å². The number of hydrogen-bond donors (Lipinski definition) is 2. The zero-order valence-electron chi connectivity index (χ0n) is 12.2. The van der Waals surface area contributed by atoms with E-state index >= 15 is 0 Å². The molecule has 0 heterocycles. The van der Waals surface area contributed by atoms with E-state index in [2.05, 4.69) is 10.6 Å². The fourth-order valence-corrected chi connectivity index (χ4v) is 1.97. The van der Waals surface area contributed by atoms with Crippen molar-refractivity contribution in [3.8, 4) is 0 Å². The minimum atomic E-state index is -0.884. The first kappa shape index (κ1) is 15.7. The third-order valence-electron chi connectivity index (χ3n) is 3.27. The second-order valence-corrected chi connectivity index (χ2v) is 4.96. The maximum Gasteiger partial charge on any atom is 0.313 e. The largest absolute Gasteiger partial charge is 0.347 e. The Morgan fingerprint density at radius 2 is 1.64 bits per heavy atom. The SMILES string of the molecule is CC(CNC(=O)C(=O)Nc1ccccc1F)c1ccccc1. The van der Waals surface area contributed by atoms with E-state index in [1.54, 1.807) is 6.07 Å². The molecule has 1 atom stereocenters. The highest BCUT2D eigenvalue weighted by atomic mass is 19.1. The number of para-hydroxylation sites is 1. The molecule has 0 aliphatic heterocycles. The number of halogens is 1. The molecule has 0 saturated carbocycles. The number of benzene rings is 2. The third kappa shape index (κ3) is 4.15. The summed E-state index contributed by atoms with van der Waals surface area (Å²) in [5, 5.41) is 4.79. The molecular formula is C17H17FN2O2. The molecule has 2 aromatic rings. The summed E-state index contributed by atoms with van der Waals surface area (Å²) in [5.74, 6) is -2.18. The predicted molar refractivity (Wildman–Crippen MR) is 82.9 cm³/mol. The van der Waals surface area contributed by atoms with E-state index in [0.29, 0.717) is 6.54 Å². The van der Waals surface area contributed by atoms with Crippen molar-refractivity contribution in [1.82, 2.24) is 5.32 Å². The Kier molecular flexibility index (Phi) is 5.25. The molecule has 22 heavy (non-hydrogen) atoms. The van der Waals surface area contributed by atoms with Gasteiger partial charge in [-0.1, -0.05) is 49.4 Å². The molecule has 0 aliphatic carbocycles. The van der Waals surface area contributed by atoms with Gasteiger partial charge in [0.25, 0.3) is 0 Å². The Labute approximate surface area is 128 Å². The van der Waals surface area contributed by atoms with Crippen molar-refractivity contribution in [1.29, 1.82) is 0 Å². The Hall–Kier alpha value is -2.69. The summed E-state index contributed by atoms with van der Waals surface area (Å²) in [6, 6.07) is 15.3. The summed E-state index contributed by atoms with van der Waals surface area (Å²) < 4.78 is 13.4. The van der Waals surface area contributed by atoms with Crippen LogP contribution in [0.2, 0.25) is 0 Å². The molecule has 5 heteroatoms. The molecule has 1 unspecified atom stereocenters. The summed E-state index contributed by atoms with van der Waals surface area (Å²) >= 11 is 0. The molecule has 0 saturated heterocycles. The summed E-state index contributed by atoms with van der Waals surface area (Å²) in [4.78, 5) is 23.5. The standard InChI is InChI=1S/C17H17FN2O2/c1-12(13-7-3-2-4-8-13)11-19-16(21)17(22)20-15-10-6-5-9-14(15)18/h2-10,12H,11H2,1H3,(H,19,21)(H,20,22). The van der Waals surface area contributed by atoms with E-state index in [1.807, 2.05) is 37.3 Å². The number of nitrogens with one attached hydrogen (secondary N) is 2. The van der Waals surface area contributed by atoms with Crippen molar-refractivity contribution < 1.29 is 14.0 Å². The lowest BCUT2D eigenvalue weighted by Gasteiger charge is -2.13. The van der Waals surface area contributed by atoms with Crippen LogP contribution in [0.15, 0.2) is 54.6 Å². The Bertz CT molecular complexity index is 659. The fraction of sp³-hybridized carbons (Fsp3) is 0.176. The average molecular weight is 300 g/mol. The summed E-state index contributed by atoms with van der Waals surface area (Å²) in [6.07, 6.45) is 0. The topological polar surface area (TPSA) is 58.2 Å². The predicted octanol–water partition coefficient (Wildman–Crippen LogP) is 2.68. The molecule has 2 N–H and O–H groups in total. The van der Waals surface area contributed by atoms with Gasteiger partial charge in [0.2, 0.25) is 0 Å². The van der Waals surface area contributed by atoms with Gasteiger partial charge in [0, 0.05) is 6.54 Å². The first-order chi connectivity index (χ1) is 10.6. The zero-order chi connectivity index (χ0) is 15.9. The van der Waals surface area contributed by atoms with Gasteiger partial charge in [-0.2, -0.15) is 0 Å². The monoisotopic (exact) mass is 300 g/mol. The lowest BCUT2D eigenvalue weighted by molar-refractivity contribution is -0.136. The van der Waals surface area contributed by atoms with Crippen LogP contribution in [0, 0.1) is 5.82 Å². The van der Waals surface area contributed by atoms with Crippen molar-refractivity contribution >= 4 is 17.5 Å². The van der Waals surface area contributed by atoms with Crippen LogP contribution in [-0.4, -0.2) is 18.4 Å². The number of carbonyl (C=O) groups is 2. The van der Waals surface area contributed by atoms with Crippen LogP contribution in [0.5, 0.6) is 0 Å². The first-order valence-corrected chi connectivity index (χ1v) is 6.96. The molecule has 4 nitrogen and oxygen atoms in total. The number of amides is 2. The highest BCUT2D eigenvalue weighted by Crippen LogP contribution is 2.14. The van der Waals surface area contributed by atoms with E-state index in [-0.39, 0.29) is 11.6 Å². The van der Waals surface area contributed by atoms with Gasteiger partial charge in [0.05, 0.1) is 5.69 Å². The molecule has 0 aliphatic rings. The lowest BCUT2D eigenvalue weighted by atomic mass is 10.0. The maximum atomic E-state index is 13.4. The minimum Gasteiger partial charge on any atom is -0.347 e. The van der Waals surface area contributed by atoms with Gasteiger partial charge in [-0.25, -0.2) is 4.39 Å². The normalized spacial score (nSPS) is 11.5. The summed E-state index contributed by atoms with van der Waals surface area (Å²) in [5.41, 5.74) is 1.05. The van der Waals surface area contributed by atoms with Crippen LogP contribution in [0.25, 0.3) is 0 Å². The van der Waals surface area contributed by atoms with Gasteiger partial charge in [-0.15, -0.1) is 0 Å². The van der Waals surface area contributed by atoms with E-state index in [4.69, 9.17) is 0 Å². The Balaban J connectivity index is 1.87. The van der Waals surface area contributed by atoms with Gasteiger partial charge in [0.1, 0.15) is 5.82 Å². The van der Waals surface area contributed by atoms with Crippen LogP contribution in [0.3, 0.4) is 0 Å². The molecule has 0 bridgehead atoms. The average Bonchev–Trinajstić information content (AvgIpc) is 2.55. The first-order valence-electron chi connectivity index (χ1n) is 6.96. The van der Waals surface area contributed by atoms with Crippen molar-refractivity contribution in [2.24, 2.45) is 0 Å². The number of hydrogen-bond acceptors (Lipinski definition) is 2. The highest BCUT2D eigenvalue weighted by Gasteiger charge is 2.16. The summed E-state index contributed by atoms with van der Waals surface area (Å²) in [7, 11) is 0. The van der Waals surface area contributed by atoms with E-state index in [9.17, 15) is 14.0 Å². The van der Waals surface area contributed by atoms with Crippen LogP contribution >= 0.6 is 0 Å². The van der Waals surface area contributed by atoms with Gasteiger partial charge < -0.3 is 10.6 Å². The van der Waals surface area contributed by atoms with Crippen molar-refractivity contribution in [3.63, 3.8) is 0 Å². The lowest BCUT2D eigenvalue weighted by Crippen LogP contribution is -2.37. The molecule has 0 aromatic heterocycles.